The number of likely N-dealkylation sites (N-methyl/N-ethyl adjacent to an activating group) is 1. The highest BCUT2D eigenvalue weighted by atomic mass is 16.5. The average Bonchev–Trinajstić information content (AvgIpc) is 2.97. The molecule has 1 atom stereocenters. The van der Waals surface area contributed by atoms with Crippen molar-refractivity contribution in [2.75, 3.05) is 32.8 Å². The smallest absolute Gasteiger partial charge is 0.253 e. The van der Waals surface area contributed by atoms with Gasteiger partial charge in [-0.15, -0.1) is 0 Å². The molecule has 1 aliphatic rings. The van der Waals surface area contributed by atoms with Gasteiger partial charge >= 0.3 is 0 Å². The van der Waals surface area contributed by atoms with Gasteiger partial charge in [0.2, 0.25) is 0 Å². The maximum absolute atomic E-state index is 12.3. The van der Waals surface area contributed by atoms with Crippen LogP contribution in [0.5, 0.6) is 0 Å². The van der Waals surface area contributed by atoms with Crippen LogP contribution in [0.1, 0.15) is 17.3 Å². The predicted octanol–water partition coefficient (Wildman–Crippen LogP) is 1.62. The topological polar surface area (TPSA) is 57.4 Å². The van der Waals surface area contributed by atoms with Crippen LogP contribution in [0.4, 0.5) is 0 Å². The number of carbonyl (C=O) groups excluding carboxylic acids is 1. The highest BCUT2D eigenvalue weighted by molar-refractivity contribution is 6.06. The number of morpholine rings is 1. The van der Waals surface area contributed by atoms with Crippen LogP contribution in [0.15, 0.2) is 30.5 Å². The van der Waals surface area contributed by atoms with Gasteiger partial charge in [-0.25, -0.2) is 0 Å². The standard InChI is InChI=1S/C16H21N3O2/c1-2-19-7-8-21-12(11-19)9-18-16(20)14-10-17-15-6-4-3-5-13(14)15/h3-6,10,12,17H,2,7-9,11H2,1H3,(H,18,20). The first-order chi connectivity index (χ1) is 10.3. The molecule has 0 radical (unpaired) electrons. The van der Waals surface area contributed by atoms with Crippen molar-refractivity contribution in [2.45, 2.75) is 13.0 Å². The van der Waals surface area contributed by atoms with E-state index >= 15 is 0 Å². The summed E-state index contributed by atoms with van der Waals surface area (Å²) in [6, 6.07) is 7.82. The van der Waals surface area contributed by atoms with Crippen molar-refractivity contribution in [2.24, 2.45) is 0 Å². The van der Waals surface area contributed by atoms with E-state index in [4.69, 9.17) is 4.74 Å². The van der Waals surface area contributed by atoms with Gasteiger partial charge in [0.15, 0.2) is 0 Å². The van der Waals surface area contributed by atoms with Crippen molar-refractivity contribution in [3.05, 3.63) is 36.0 Å². The number of H-pyrrole nitrogens is 1. The number of amides is 1. The number of nitrogens with one attached hydrogen (secondary N) is 2. The molecule has 1 saturated heterocycles. The van der Waals surface area contributed by atoms with E-state index in [-0.39, 0.29) is 12.0 Å². The van der Waals surface area contributed by atoms with E-state index in [1.165, 1.54) is 0 Å². The van der Waals surface area contributed by atoms with Crippen LogP contribution >= 0.6 is 0 Å². The van der Waals surface area contributed by atoms with E-state index in [9.17, 15) is 4.79 Å². The Labute approximate surface area is 124 Å². The maximum atomic E-state index is 12.3. The Morgan fingerprint density at radius 1 is 1.48 bits per heavy atom. The lowest BCUT2D eigenvalue weighted by molar-refractivity contribution is -0.0246. The molecule has 5 nitrogen and oxygen atoms in total. The van der Waals surface area contributed by atoms with Crippen LogP contribution < -0.4 is 5.32 Å². The Morgan fingerprint density at radius 2 is 2.33 bits per heavy atom. The quantitative estimate of drug-likeness (QED) is 0.898. The van der Waals surface area contributed by atoms with Crippen molar-refractivity contribution in [1.82, 2.24) is 15.2 Å². The molecule has 112 valence electrons. The number of aromatic nitrogens is 1. The number of hydrogen-bond acceptors (Lipinski definition) is 3. The largest absolute Gasteiger partial charge is 0.374 e. The number of carbonyl (C=O) groups is 1. The summed E-state index contributed by atoms with van der Waals surface area (Å²) >= 11 is 0. The molecule has 1 fully saturated rings. The van der Waals surface area contributed by atoms with Crippen LogP contribution in [0.3, 0.4) is 0 Å². The van der Waals surface area contributed by atoms with Crippen molar-refractivity contribution < 1.29 is 9.53 Å². The Hall–Kier alpha value is -1.85. The first kappa shape index (κ1) is 14.1. The Bertz CT molecular complexity index is 623. The second-order valence-corrected chi connectivity index (χ2v) is 5.34. The predicted molar refractivity (Wildman–Crippen MR) is 82.5 cm³/mol. The number of rotatable bonds is 4. The molecule has 1 amide bonds. The van der Waals surface area contributed by atoms with E-state index in [1.54, 1.807) is 6.20 Å². The molecule has 0 spiro atoms. The molecule has 2 N–H and O–H groups in total. The lowest BCUT2D eigenvalue weighted by Crippen LogP contribution is -2.47. The third-order valence-corrected chi connectivity index (χ3v) is 3.99. The third kappa shape index (κ3) is 3.09. The fraction of sp³-hybridized carbons (Fsp3) is 0.438. The lowest BCUT2D eigenvalue weighted by Gasteiger charge is -2.32. The first-order valence-electron chi connectivity index (χ1n) is 7.46. The van der Waals surface area contributed by atoms with Gasteiger partial charge in [-0.2, -0.15) is 0 Å². The fourth-order valence-corrected chi connectivity index (χ4v) is 2.75. The minimum atomic E-state index is -0.0512. The molecular weight excluding hydrogens is 266 g/mol. The number of hydrogen-bond donors (Lipinski definition) is 2. The molecule has 2 aromatic rings. The minimum absolute atomic E-state index is 0.0512. The molecule has 1 aliphatic heterocycles. The molecule has 1 aromatic heterocycles. The van der Waals surface area contributed by atoms with Crippen LogP contribution in [0, 0.1) is 0 Å². The van der Waals surface area contributed by atoms with Crippen molar-refractivity contribution in [3.8, 4) is 0 Å². The summed E-state index contributed by atoms with van der Waals surface area (Å²) in [6.07, 6.45) is 1.84. The van der Waals surface area contributed by atoms with Gasteiger partial charge in [-0.3, -0.25) is 9.69 Å². The second-order valence-electron chi connectivity index (χ2n) is 5.34. The van der Waals surface area contributed by atoms with Gasteiger partial charge in [-0.05, 0) is 12.6 Å². The SMILES string of the molecule is CCN1CCOC(CNC(=O)c2c[nH]c3ccccc23)C1. The summed E-state index contributed by atoms with van der Waals surface area (Å²) in [4.78, 5) is 17.8. The Balaban J connectivity index is 1.61. The summed E-state index contributed by atoms with van der Waals surface area (Å²) in [5.41, 5.74) is 1.67. The van der Waals surface area contributed by atoms with Gasteiger partial charge in [0, 0.05) is 36.7 Å². The number of benzene rings is 1. The van der Waals surface area contributed by atoms with E-state index in [1.807, 2.05) is 24.3 Å². The molecule has 0 aliphatic carbocycles. The zero-order valence-electron chi connectivity index (χ0n) is 12.3. The maximum Gasteiger partial charge on any atom is 0.253 e. The molecule has 5 heteroatoms. The van der Waals surface area contributed by atoms with Crippen LogP contribution in [-0.4, -0.2) is 54.7 Å². The highest BCUT2D eigenvalue weighted by Gasteiger charge is 2.20. The summed E-state index contributed by atoms with van der Waals surface area (Å²) in [5, 5.41) is 3.93. The summed E-state index contributed by atoms with van der Waals surface area (Å²) < 4.78 is 5.70. The zero-order chi connectivity index (χ0) is 14.7. The fourth-order valence-electron chi connectivity index (χ4n) is 2.75. The number of nitrogens with zero attached hydrogens (tertiary/aromatic N) is 1. The molecule has 21 heavy (non-hydrogen) atoms. The Kier molecular flexibility index (Phi) is 4.22. The van der Waals surface area contributed by atoms with Crippen molar-refractivity contribution in [3.63, 3.8) is 0 Å². The monoisotopic (exact) mass is 287 g/mol. The Morgan fingerprint density at radius 3 is 3.19 bits per heavy atom. The number of para-hydroxylation sites is 1. The number of ether oxygens (including phenoxy) is 1. The molecular formula is C16H21N3O2. The number of fused-ring (bicyclic) bond motifs is 1. The third-order valence-electron chi connectivity index (χ3n) is 3.99. The highest BCUT2D eigenvalue weighted by Crippen LogP contribution is 2.17. The van der Waals surface area contributed by atoms with Crippen LogP contribution in [-0.2, 0) is 4.74 Å². The van der Waals surface area contributed by atoms with Crippen molar-refractivity contribution >= 4 is 16.8 Å². The summed E-state index contributed by atoms with van der Waals surface area (Å²) in [5.74, 6) is -0.0512. The van der Waals surface area contributed by atoms with Crippen LogP contribution in [0.2, 0.25) is 0 Å². The first-order valence-corrected chi connectivity index (χ1v) is 7.46. The average molecular weight is 287 g/mol. The molecule has 1 unspecified atom stereocenters. The van der Waals surface area contributed by atoms with Gasteiger partial charge in [0.1, 0.15) is 0 Å². The molecule has 0 saturated carbocycles. The molecule has 0 bridgehead atoms. The number of aromatic amines is 1. The summed E-state index contributed by atoms with van der Waals surface area (Å²) in [6.45, 7) is 6.31. The second kappa shape index (κ2) is 6.28. The zero-order valence-corrected chi connectivity index (χ0v) is 12.3. The molecule has 2 heterocycles. The normalized spacial score (nSPS) is 19.8. The van der Waals surface area contributed by atoms with Gasteiger partial charge in [0.05, 0.1) is 18.3 Å². The molecule has 1 aromatic carbocycles. The van der Waals surface area contributed by atoms with E-state index < -0.39 is 0 Å². The van der Waals surface area contributed by atoms with Crippen molar-refractivity contribution in [1.29, 1.82) is 0 Å². The summed E-state index contributed by atoms with van der Waals surface area (Å²) in [7, 11) is 0. The minimum Gasteiger partial charge on any atom is -0.374 e. The van der Waals surface area contributed by atoms with Gasteiger partial charge in [0.25, 0.3) is 5.91 Å². The van der Waals surface area contributed by atoms with E-state index in [0.717, 1.165) is 37.1 Å². The van der Waals surface area contributed by atoms with Crippen LogP contribution in [0.25, 0.3) is 10.9 Å². The van der Waals surface area contributed by atoms with Gasteiger partial charge in [-0.1, -0.05) is 25.1 Å². The van der Waals surface area contributed by atoms with Gasteiger partial charge < -0.3 is 15.0 Å². The van der Waals surface area contributed by atoms with E-state index in [0.29, 0.717) is 12.1 Å². The lowest BCUT2D eigenvalue weighted by atomic mass is 10.1. The molecule has 3 rings (SSSR count). The van der Waals surface area contributed by atoms with E-state index in [2.05, 4.69) is 22.1 Å².